The number of alkyl halides is 1. The van der Waals surface area contributed by atoms with Crippen molar-refractivity contribution in [1.29, 1.82) is 0 Å². The molecular weight excluding hydrogens is 372 g/mol. The summed E-state index contributed by atoms with van der Waals surface area (Å²) in [7, 11) is 1.67. The van der Waals surface area contributed by atoms with Crippen LogP contribution in [0.4, 0.5) is 0 Å². The van der Waals surface area contributed by atoms with Crippen LogP contribution in [0, 0.1) is 0 Å². The Morgan fingerprint density at radius 3 is 2.86 bits per heavy atom. The molecule has 0 aliphatic heterocycles. The number of methoxy groups -OCH3 is 1. The molecule has 0 radical (unpaired) electrons. The van der Waals surface area contributed by atoms with Crippen LogP contribution in [0.3, 0.4) is 0 Å². The van der Waals surface area contributed by atoms with Gasteiger partial charge in [-0.25, -0.2) is 4.98 Å². The predicted molar refractivity (Wildman–Crippen MR) is 91.8 cm³/mol. The highest BCUT2D eigenvalue weighted by Crippen LogP contribution is 2.27. The second-order valence-corrected chi connectivity index (χ2v) is 7.54. The fraction of sp³-hybridized carbons (Fsp3) is 0.267. The Hall–Kier alpha value is -1.04. The molecule has 0 amide bonds. The largest absolute Gasteiger partial charge is 0.497 e. The SMILES string of the molecule is COc1ccc2c(c1)nc(CCCl)n2Cc1ccc(Br)s1. The van der Waals surface area contributed by atoms with Crippen LogP contribution in [-0.2, 0) is 13.0 Å². The van der Waals surface area contributed by atoms with Crippen molar-refractivity contribution in [3.8, 4) is 5.75 Å². The summed E-state index contributed by atoms with van der Waals surface area (Å²) in [6, 6.07) is 10.2. The Morgan fingerprint density at radius 2 is 2.19 bits per heavy atom. The van der Waals surface area contributed by atoms with Gasteiger partial charge >= 0.3 is 0 Å². The number of ether oxygens (including phenoxy) is 1. The molecule has 110 valence electrons. The monoisotopic (exact) mass is 384 g/mol. The number of fused-ring (bicyclic) bond motifs is 1. The molecular formula is C15H14BrClN2OS. The third-order valence-electron chi connectivity index (χ3n) is 3.30. The minimum absolute atomic E-state index is 0.564. The molecule has 0 spiro atoms. The number of aromatic nitrogens is 2. The van der Waals surface area contributed by atoms with E-state index in [2.05, 4.69) is 38.7 Å². The number of nitrogens with zero attached hydrogens (tertiary/aromatic N) is 2. The summed E-state index contributed by atoms with van der Waals surface area (Å²) in [5, 5.41) is 0. The van der Waals surface area contributed by atoms with Crippen molar-refractivity contribution in [2.24, 2.45) is 0 Å². The van der Waals surface area contributed by atoms with Crippen molar-refractivity contribution in [1.82, 2.24) is 9.55 Å². The van der Waals surface area contributed by atoms with Gasteiger partial charge in [0.15, 0.2) is 0 Å². The van der Waals surface area contributed by atoms with E-state index in [0.29, 0.717) is 5.88 Å². The molecule has 0 fully saturated rings. The number of imidazole rings is 1. The maximum Gasteiger partial charge on any atom is 0.121 e. The van der Waals surface area contributed by atoms with Crippen LogP contribution in [0.15, 0.2) is 34.1 Å². The molecule has 3 rings (SSSR count). The Bertz CT molecular complexity index is 768. The lowest BCUT2D eigenvalue weighted by Gasteiger charge is -2.07. The van der Waals surface area contributed by atoms with E-state index in [9.17, 15) is 0 Å². The number of halogens is 2. The van der Waals surface area contributed by atoms with Crippen LogP contribution in [0.1, 0.15) is 10.7 Å². The number of hydrogen-bond donors (Lipinski definition) is 0. The van der Waals surface area contributed by atoms with E-state index >= 15 is 0 Å². The molecule has 0 aliphatic rings. The summed E-state index contributed by atoms with van der Waals surface area (Å²) in [5.74, 6) is 2.40. The quantitative estimate of drug-likeness (QED) is 0.595. The van der Waals surface area contributed by atoms with Gasteiger partial charge in [-0.1, -0.05) is 0 Å². The van der Waals surface area contributed by atoms with E-state index in [-0.39, 0.29) is 0 Å². The van der Waals surface area contributed by atoms with Crippen molar-refractivity contribution >= 4 is 49.9 Å². The van der Waals surface area contributed by atoms with Gasteiger partial charge in [0.2, 0.25) is 0 Å². The van der Waals surface area contributed by atoms with Gasteiger partial charge in [-0.05, 0) is 40.2 Å². The van der Waals surface area contributed by atoms with Gasteiger partial charge in [-0.15, -0.1) is 22.9 Å². The summed E-state index contributed by atoms with van der Waals surface area (Å²) in [4.78, 5) is 5.99. The first kappa shape index (κ1) is 14.9. The molecule has 0 N–H and O–H groups in total. The Labute approximate surface area is 140 Å². The molecule has 3 nitrogen and oxygen atoms in total. The van der Waals surface area contributed by atoms with Gasteiger partial charge in [0.05, 0.1) is 28.5 Å². The van der Waals surface area contributed by atoms with Gasteiger partial charge in [-0.2, -0.15) is 0 Å². The molecule has 0 aliphatic carbocycles. The van der Waals surface area contributed by atoms with E-state index in [1.165, 1.54) is 4.88 Å². The number of aryl methyl sites for hydroxylation is 1. The highest BCUT2D eigenvalue weighted by Gasteiger charge is 2.12. The van der Waals surface area contributed by atoms with Gasteiger partial charge < -0.3 is 9.30 Å². The van der Waals surface area contributed by atoms with Crippen molar-refractivity contribution in [2.75, 3.05) is 13.0 Å². The van der Waals surface area contributed by atoms with E-state index in [1.807, 2.05) is 12.1 Å². The topological polar surface area (TPSA) is 27.1 Å². The van der Waals surface area contributed by atoms with Gasteiger partial charge in [0, 0.05) is 23.2 Å². The molecule has 1 aromatic carbocycles. The Morgan fingerprint density at radius 1 is 1.33 bits per heavy atom. The lowest BCUT2D eigenvalue weighted by Crippen LogP contribution is -2.04. The average Bonchev–Trinajstić information content (AvgIpc) is 3.04. The second kappa shape index (κ2) is 6.38. The van der Waals surface area contributed by atoms with Crippen molar-refractivity contribution in [2.45, 2.75) is 13.0 Å². The number of thiophene rings is 1. The summed E-state index contributed by atoms with van der Waals surface area (Å²) in [6.07, 6.45) is 0.755. The van der Waals surface area contributed by atoms with E-state index in [1.54, 1.807) is 18.4 Å². The first-order chi connectivity index (χ1) is 10.2. The number of hydrogen-bond acceptors (Lipinski definition) is 3. The minimum atomic E-state index is 0.564. The molecule has 0 atom stereocenters. The number of rotatable bonds is 5. The first-order valence-corrected chi connectivity index (χ1v) is 8.69. The van der Waals surface area contributed by atoms with Crippen LogP contribution >= 0.6 is 38.9 Å². The minimum Gasteiger partial charge on any atom is -0.497 e. The summed E-state index contributed by atoms with van der Waals surface area (Å²) >= 11 is 11.2. The summed E-state index contributed by atoms with van der Waals surface area (Å²) < 4.78 is 8.65. The first-order valence-electron chi connectivity index (χ1n) is 6.54. The van der Waals surface area contributed by atoms with Crippen LogP contribution in [-0.4, -0.2) is 22.5 Å². The van der Waals surface area contributed by atoms with E-state index in [0.717, 1.165) is 39.4 Å². The molecule has 0 bridgehead atoms. The van der Waals surface area contributed by atoms with Gasteiger partial charge in [-0.3, -0.25) is 0 Å². The zero-order chi connectivity index (χ0) is 14.8. The molecule has 0 saturated heterocycles. The van der Waals surface area contributed by atoms with Crippen LogP contribution in [0.5, 0.6) is 5.75 Å². The van der Waals surface area contributed by atoms with Crippen molar-refractivity contribution in [3.05, 3.63) is 44.8 Å². The third kappa shape index (κ3) is 3.10. The molecule has 21 heavy (non-hydrogen) atoms. The van der Waals surface area contributed by atoms with Crippen molar-refractivity contribution in [3.63, 3.8) is 0 Å². The highest BCUT2D eigenvalue weighted by molar-refractivity contribution is 9.11. The van der Waals surface area contributed by atoms with Gasteiger partial charge in [0.1, 0.15) is 11.6 Å². The Balaban J connectivity index is 2.06. The second-order valence-electron chi connectivity index (χ2n) is 4.61. The van der Waals surface area contributed by atoms with Crippen molar-refractivity contribution < 1.29 is 4.74 Å². The summed E-state index contributed by atoms with van der Waals surface area (Å²) in [6.45, 7) is 0.811. The zero-order valence-electron chi connectivity index (χ0n) is 11.5. The normalized spacial score (nSPS) is 11.2. The van der Waals surface area contributed by atoms with E-state index < -0.39 is 0 Å². The Kier molecular flexibility index (Phi) is 4.52. The van der Waals surface area contributed by atoms with E-state index in [4.69, 9.17) is 21.3 Å². The lowest BCUT2D eigenvalue weighted by molar-refractivity contribution is 0.415. The fourth-order valence-corrected chi connectivity index (χ4v) is 3.97. The average molecular weight is 386 g/mol. The third-order valence-corrected chi connectivity index (χ3v) is 5.09. The molecule has 6 heteroatoms. The summed E-state index contributed by atoms with van der Waals surface area (Å²) in [5.41, 5.74) is 2.06. The standard InChI is InChI=1S/C15H14BrClN2OS/c1-20-10-2-4-13-12(8-10)18-15(6-7-17)19(13)9-11-3-5-14(16)21-11/h2-5,8H,6-7,9H2,1H3. The molecule has 3 aromatic rings. The van der Waals surface area contributed by atoms with Crippen LogP contribution in [0.2, 0.25) is 0 Å². The number of benzene rings is 1. The fourth-order valence-electron chi connectivity index (χ4n) is 2.33. The maximum atomic E-state index is 5.92. The highest BCUT2D eigenvalue weighted by atomic mass is 79.9. The van der Waals surface area contributed by atoms with Gasteiger partial charge in [0.25, 0.3) is 0 Å². The molecule has 0 unspecified atom stereocenters. The zero-order valence-corrected chi connectivity index (χ0v) is 14.6. The van der Waals surface area contributed by atoms with Crippen LogP contribution < -0.4 is 4.74 Å². The predicted octanol–water partition coefficient (Wildman–Crippen LogP) is 4.70. The maximum absolute atomic E-state index is 5.92. The lowest BCUT2D eigenvalue weighted by atomic mass is 10.3. The molecule has 2 heterocycles. The van der Waals surface area contributed by atoms with Crippen LogP contribution in [0.25, 0.3) is 11.0 Å². The molecule has 2 aromatic heterocycles. The smallest absolute Gasteiger partial charge is 0.121 e. The molecule has 0 saturated carbocycles.